The molecule has 0 unspecified atom stereocenters. The molecule has 2 nitrogen and oxygen atoms in total. The van der Waals surface area contributed by atoms with Crippen LogP contribution >= 0.6 is 27.3 Å². The van der Waals surface area contributed by atoms with Gasteiger partial charge in [0.05, 0.1) is 11.6 Å². The third kappa shape index (κ3) is 2.83. The van der Waals surface area contributed by atoms with Crippen molar-refractivity contribution in [1.82, 2.24) is 4.98 Å². The van der Waals surface area contributed by atoms with E-state index in [9.17, 15) is 0 Å². The second-order valence-corrected chi connectivity index (χ2v) is 5.89. The van der Waals surface area contributed by atoms with E-state index in [4.69, 9.17) is 0 Å². The van der Waals surface area contributed by atoms with Gasteiger partial charge in [-0.15, -0.1) is 11.3 Å². The Bertz CT molecular complexity index is 494. The molecule has 0 aliphatic heterocycles. The smallest absolute Gasteiger partial charge is 0.0897 e. The Labute approximate surface area is 108 Å². The zero-order valence-electron chi connectivity index (χ0n) is 9.25. The molecule has 0 aliphatic rings. The minimum atomic E-state index is 0.841. The number of thiazole rings is 1. The predicted octanol–water partition coefficient (Wildman–Crippen LogP) is 4.13. The van der Waals surface area contributed by atoms with E-state index in [-0.39, 0.29) is 0 Å². The topological polar surface area (TPSA) is 24.9 Å². The van der Waals surface area contributed by atoms with Crippen LogP contribution in [-0.2, 0) is 6.54 Å². The summed E-state index contributed by atoms with van der Waals surface area (Å²) in [5.74, 6) is 0. The second-order valence-electron chi connectivity index (χ2n) is 3.66. The van der Waals surface area contributed by atoms with E-state index < -0.39 is 0 Å². The highest BCUT2D eigenvalue weighted by atomic mass is 79.9. The van der Waals surface area contributed by atoms with Gasteiger partial charge in [-0.25, -0.2) is 4.98 Å². The Kier molecular flexibility index (Phi) is 3.61. The fourth-order valence-corrected chi connectivity index (χ4v) is 2.70. The molecule has 4 heteroatoms. The largest absolute Gasteiger partial charge is 0.380 e. The van der Waals surface area contributed by atoms with Crippen LogP contribution in [0.5, 0.6) is 0 Å². The molecule has 16 heavy (non-hydrogen) atoms. The monoisotopic (exact) mass is 296 g/mol. The fraction of sp³-hybridized carbons (Fsp3) is 0.250. The molecule has 0 aliphatic carbocycles. The zero-order chi connectivity index (χ0) is 11.5. The summed E-state index contributed by atoms with van der Waals surface area (Å²) < 4.78 is 1.11. The highest BCUT2D eigenvalue weighted by Gasteiger charge is 2.01. The molecule has 84 valence electrons. The number of benzene rings is 1. The number of anilines is 1. The Balaban J connectivity index is 2.04. The van der Waals surface area contributed by atoms with Gasteiger partial charge in [0.25, 0.3) is 0 Å². The van der Waals surface area contributed by atoms with Crippen molar-refractivity contribution in [2.24, 2.45) is 0 Å². The number of hydrogen-bond acceptors (Lipinski definition) is 3. The van der Waals surface area contributed by atoms with E-state index in [1.165, 1.54) is 16.1 Å². The van der Waals surface area contributed by atoms with Crippen molar-refractivity contribution in [3.8, 4) is 0 Å². The zero-order valence-corrected chi connectivity index (χ0v) is 11.7. The molecular formula is C12H13BrN2S. The number of halogens is 1. The van der Waals surface area contributed by atoms with E-state index in [2.05, 4.69) is 45.3 Å². The van der Waals surface area contributed by atoms with Crippen LogP contribution in [0.1, 0.15) is 15.4 Å². The van der Waals surface area contributed by atoms with E-state index in [1.54, 1.807) is 11.3 Å². The highest BCUT2D eigenvalue weighted by Crippen LogP contribution is 2.21. The van der Waals surface area contributed by atoms with Crippen LogP contribution in [-0.4, -0.2) is 4.98 Å². The Hall–Kier alpha value is -0.870. The first kappa shape index (κ1) is 11.6. The lowest BCUT2D eigenvalue weighted by Gasteiger charge is -2.08. The van der Waals surface area contributed by atoms with Crippen LogP contribution in [0.3, 0.4) is 0 Å². The lowest BCUT2D eigenvalue weighted by Crippen LogP contribution is -1.99. The molecule has 0 saturated carbocycles. The molecule has 0 amide bonds. The second kappa shape index (κ2) is 4.97. The van der Waals surface area contributed by atoms with E-state index in [1.807, 2.05) is 19.2 Å². The number of aromatic nitrogens is 1. The van der Waals surface area contributed by atoms with E-state index in [0.717, 1.165) is 16.0 Å². The molecule has 0 saturated heterocycles. The van der Waals surface area contributed by atoms with Gasteiger partial charge in [-0.05, 0) is 37.6 Å². The van der Waals surface area contributed by atoms with Gasteiger partial charge in [0, 0.05) is 21.2 Å². The molecule has 1 aromatic heterocycles. The van der Waals surface area contributed by atoms with Gasteiger partial charge in [0.15, 0.2) is 0 Å². The molecule has 1 aromatic carbocycles. The van der Waals surface area contributed by atoms with Gasteiger partial charge in [-0.1, -0.05) is 15.9 Å². The summed E-state index contributed by atoms with van der Waals surface area (Å²) in [6.45, 7) is 4.97. The van der Waals surface area contributed by atoms with Gasteiger partial charge in [0.1, 0.15) is 0 Å². The molecule has 0 atom stereocenters. The van der Waals surface area contributed by atoms with Crippen molar-refractivity contribution in [2.75, 3.05) is 5.32 Å². The molecule has 0 radical (unpaired) electrons. The van der Waals surface area contributed by atoms with Gasteiger partial charge < -0.3 is 5.32 Å². The van der Waals surface area contributed by atoms with E-state index >= 15 is 0 Å². The van der Waals surface area contributed by atoms with Crippen LogP contribution in [0.2, 0.25) is 0 Å². The number of nitrogens with zero attached hydrogens (tertiary/aromatic N) is 1. The maximum absolute atomic E-state index is 4.24. The summed E-state index contributed by atoms with van der Waals surface area (Å²) in [5.41, 5.74) is 2.42. The molecule has 0 fully saturated rings. The van der Waals surface area contributed by atoms with Gasteiger partial charge in [-0.2, -0.15) is 0 Å². The maximum atomic E-state index is 4.24. The lowest BCUT2D eigenvalue weighted by molar-refractivity contribution is 1.16. The highest BCUT2D eigenvalue weighted by molar-refractivity contribution is 9.10. The third-order valence-electron chi connectivity index (χ3n) is 2.31. The number of nitrogens with one attached hydrogen (secondary N) is 1. The van der Waals surface area contributed by atoms with Crippen LogP contribution in [0.15, 0.2) is 28.9 Å². The van der Waals surface area contributed by atoms with Crippen LogP contribution in [0.25, 0.3) is 0 Å². The molecule has 1 N–H and O–H groups in total. The first-order valence-electron chi connectivity index (χ1n) is 5.06. The molecule has 2 aromatic rings. The van der Waals surface area contributed by atoms with Crippen molar-refractivity contribution in [2.45, 2.75) is 20.4 Å². The molecule has 1 heterocycles. The van der Waals surface area contributed by atoms with Crippen molar-refractivity contribution < 1.29 is 0 Å². The Morgan fingerprint density at radius 2 is 2.19 bits per heavy atom. The average molecular weight is 297 g/mol. The summed E-state index contributed by atoms with van der Waals surface area (Å²) in [6, 6.07) is 6.25. The van der Waals surface area contributed by atoms with Crippen molar-refractivity contribution in [3.05, 3.63) is 44.3 Å². The Morgan fingerprint density at radius 1 is 1.38 bits per heavy atom. The molecular weight excluding hydrogens is 284 g/mol. The summed E-state index contributed by atoms with van der Waals surface area (Å²) in [5, 5.41) is 4.53. The minimum absolute atomic E-state index is 0.841. The van der Waals surface area contributed by atoms with Crippen LogP contribution in [0.4, 0.5) is 5.69 Å². The first-order chi connectivity index (χ1) is 7.65. The molecule has 2 rings (SSSR count). The van der Waals surface area contributed by atoms with E-state index in [0.29, 0.717) is 0 Å². The standard InChI is InChI=1S/C12H13BrN2S/c1-8-5-10(13)3-4-12(8)15-7-11-6-14-9(2)16-11/h3-6,15H,7H2,1-2H3. The van der Waals surface area contributed by atoms with Crippen LogP contribution < -0.4 is 5.32 Å². The van der Waals surface area contributed by atoms with Gasteiger partial charge in [-0.3, -0.25) is 0 Å². The van der Waals surface area contributed by atoms with Crippen molar-refractivity contribution >= 4 is 33.0 Å². The maximum Gasteiger partial charge on any atom is 0.0897 e. The quantitative estimate of drug-likeness (QED) is 0.921. The minimum Gasteiger partial charge on any atom is -0.380 e. The third-order valence-corrected chi connectivity index (χ3v) is 3.72. The SMILES string of the molecule is Cc1ncc(CNc2ccc(Br)cc2C)s1. The predicted molar refractivity (Wildman–Crippen MR) is 73.1 cm³/mol. The average Bonchev–Trinajstić information content (AvgIpc) is 2.63. The normalized spacial score (nSPS) is 10.4. The van der Waals surface area contributed by atoms with Crippen LogP contribution in [0, 0.1) is 13.8 Å². The summed E-state index contributed by atoms with van der Waals surface area (Å²) in [6.07, 6.45) is 1.93. The number of aryl methyl sites for hydroxylation is 2. The molecule has 0 spiro atoms. The molecule has 0 bridgehead atoms. The Morgan fingerprint density at radius 3 is 2.81 bits per heavy atom. The summed E-state index contributed by atoms with van der Waals surface area (Å²) >= 11 is 5.19. The first-order valence-corrected chi connectivity index (χ1v) is 6.67. The lowest BCUT2D eigenvalue weighted by atomic mass is 10.2. The van der Waals surface area contributed by atoms with Gasteiger partial charge >= 0.3 is 0 Å². The number of hydrogen-bond donors (Lipinski definition) is 1. The van der Waals surface area contributed by atoms with Gasteiger partial charge in [0.2, 0.25) is 0 Å². The fourth-order valence-electron chi connectivity index (χ4n) is 1.49. The van der Waals surface area contributed by atoms with Crippen molar-refractivity contribution in [1.29, 1.82) is 0 Å². The van der Waals surface area contributed by atoms with Crippen molar-refractivity contribution in [3.63, 3.8) is 0 Å². The number of rotatable bonds is 3. The summed E-state index contributed by atoms with van der Waals surface area (Å²) in [4.78, 5) is 5.50. The summed E-state index contributed by atoms with van der Waals surface area (Å²) in [7, 11) is 0.